The summed E-state index contributed by atoms with van der Waals surface area (Å²) < 4.78 is 1.65. The van der Waals surface area contributed by atoms with Gasteiger partial charge in [-0.25, -0.2) is 4.79 Å². The fourth-order valence-electron chi connectivity index (χ4n) is 4.15. The first-order valence-corrected chi connectivity index (χ1v) is 11.4. The third-order valence-corrected chi connectivity index (χ3v) is 6.62. The Morgan fingerprint density at radius 3 is 2.44 bits per heavy atom. The third kappa shape index (κ3) is 4.54. The molecule has 0 radical (unpaired) electrons. The van der Waals surface area contributed by atoms with E-state index in [0.717, 1.165) is 30.6 Å². The van der Waals surface area contributed by atoms with Crippen molar-refractivity contribution in [1.82, 2.24) is 4.57 Å². The van der Waals surface area contributed by atoms with Gasteiger partial charge in [-0.15, -0.1) is 0 Å². The summed E-state index contributed by atoms with van der Waals surface area (Å²) in [5.74, 6) is -0.964. The predicted molar refractivity (Wildman–Crippen MR) is 128 cm³/mol. The van der Waals surface area contributed by atoms with Crippen molar-refractivity contribution in [2.75, 3.05) is 11.4 Å². The number of rotatable bonds is 7. The van der Waals surface area contributed by atoms with Gasteiger partial charge in [0.05, 0.1) is 22.8 Å². The topological polar surface area (TPSA) is 62.5 Å². The van der Waals surface area contributed by atoms with E-state index in [0.29, 0.717) is 24.5 Å². The highest BCUT2D eigenvalue weighted by molar-refractivity contribution is 6.34. The fourth-order valence-corrected chi connectivity index (χ4v) is 4.68. The van der Waals surface area contributed by atoms with Crippen LogP contribution in [0, 0.1) is 0 Å². The maximum atomic E-state index is 12.9. The van der Waals surface area contributed by atoms with Gasteiger partial charge in [-0.2, -0.15) is 0 Å². The molecule has 7 heteroatoms. The quantitative estimate of drug-likeness (QED) is 0.513. The maximum absolute atomic E-state index is 12.9. The number of aromatic carboxylic acids is 1. The molecule has 0 spiro atoms. The molecule has 0 saturated carbocycles. The van der Waals surface area contributed by atoms with E-state index in [1.165, 1.54) is 22.9 Å². The first-order chi connectivity index (χ1) is 15.4. The summed E-state index contributed by atoms with van der Waals surface area (Å²) in [4.78, 5) is 26.2. The lowest BCUT2D eigenvalue weighted by Gasteiger charge is -2.24. The van der Waals surface area contributed by atoms with Crippen LogP contribution in [0.25, 0.3) is 0 Å². The molecule has 1 aliphatic rings. The minimum atomic E-state index is -0.964. The molecule has 1 N–H and O–H groups in total. The normalized spacial score (nSPS) is 12.8. The summed E-state index contributed by atoms with van der Waals surface area (Å²) in [5, 5.41) is 9.64. The van der Waals surface area contributed by atoms with E-state index in [2.05, 4.69) is 30.0 Å². The van der Waals surface area contributed by atoms with Crippen molar-refractivity contribution in [3.05, 3.63) is 96.9 Å². The molecule has 5 nitrogen and oxygen atoms in total. The number of benzene rings is 2. The summed E-state index contributed by atoms with van der Waals surface area (Å²) in [6, 6.07) is 14.8. The molecule has 3 aromatic rings. The molecule has 0 amide bonds. The molecule has 2 aromatic carbocycles. The van der Waals surface area contributed by atoms with Crippen molar-refractivity contribution in [2.24, 2.45) is 0 Å². The van der Waals surface area contributed by atoms with Crippen LogP contribution in [0.5, 0.6) is 0 Å². The van der Waals surface area contributed by atoms with Crippen LogP contribution in [0.15, 0.2) is 53.3 Å². The van der Waals surface area contributed by atoms with E-state index in [1.807, 2.05) is 0 Å². The second-order valence-corrected chi connectivity index (χ2v) is 8.80. The number of hydrogen-bond donors (Lipinski definition) is 1. The Morgan fingerprint density at radius 2 is 1.75 bits per heavy atom. The number of halogens is 2. The number of fused-ring (bicyclic) bond motifs is 1. The fraction of sp³-hybridized carbons (Fsp3) is 0.280. The molecule has 4 rings (SSSR count). The molecule has 1 aliphatic heterocycles. The molecule has 1 aromatic heterocycles. The molecule has 0 bridgehead atoms. The van der Waals surface area contributed by atoms with Gasteiger partial charge >= 0.3 is 5.97 Å². The van der Waals surface area contributed by atoms with Gasteiger partial charge in [0.2, 0.25) is 0 Å². The molecule has 0 unspecified atom stereocenters. The summed E-state index contributed by atoms with van der Waals surface area (Å²) in [7, 11) is 0. The molecule has 0 fully saturated rings. The van der Waals surface area contributed by atoms with Gasteiger partial charge in [0, 0.05) is 18.8 Å². The van der Waals surface area contributed by atoms with Crippen LogP contribution in [0.2, 0.25) is 10.0 Å². The second-order valence-electron chi connectivity index (χ2n) is 7.98. The minimum absolute atomic E-state index is 0.0927. The number of hydrogen-bond acceptors (Lipinski definition) is 3. The number of carboxylic acid groups (broad SMARTS) is 1. The Morgan fingerprint density at radius 1 is 1.03 bits per heavy atom. The summed E-state index contributed by atoms with van der Waals surface area (Å²) in [6.45, 7) is 3.92. The third-order valence-electron chi connectivity index (χ3n) is 6.02. The van der Waals surface area contributed by atoms with Crippen LogP contribution in [0.4, 0.5) is 5.69 Å². The Balaban J connectivity index is 1.62. The van der Waals surface area contributed by atoms with E-state index in [1.54, 1.807) is 28.8 Å². The van der Waals surface area contributed by atoms with Crippen LogP contribution in [0.3, 0.4) is 0 Å². The van der Waals surface area contributed by atoms with Crippen molar-refractivity contribution in [3.8, 4) is 0 Å². The summed E-state index contributed by atoms with van der Waals surface area (Å²) in [5.41, 5.74) is 5.41. The zero-order valence-corrected chi connectivity index (χ0v) is 19.3. The van der Waals surface area contributed by atoms with Crippen molar-refractivity contribution in [1.29, 1.82) is 0 Å². The largest absolute Gasteiger partial charge is 0.478 e. The standard InChI is InChI=1S/C25H24Cl2N2O3/c1-2-16-3-6-18-10-11-28(22(18)13-16)15-23-20(26)14-21(27)24(30)29(23)12-9-17-4-7-19(8-5-17)25(31)32/h3-8,13-14H,2,9-12,15H2,1H3,(H,31,32). The first kappa shape index (κ1) is 22.4. The zero-order chi connectivity index (χ0) is 22.8. The highest BCUT2D eigenvalue weighted by Crippen LogP contribution is 2.32. The average Bonchev–Trinajstić information content (AvgIpc) is 3.19. The van der Waals surface area contributed by atoms with E-state index < -0.39 is 5.97 Å². The monoisotopic (exact) mass is 470 g/mol. The zero-order valence-electron chi connectivity index (χ0n) is 17.8. The van der Waals surface area contributed by atoms with Gasteiger partial charge in [-0.1, -0.05) is 54.4 Å². The molecule has 166 valence electrons. The first-order valence-electron chi connectivity index (χ1n) is 10.6. The van der Waals surface area contributed by atoms with E-state index in [9.17, 15) is 9.59 Å². The molecular formula is C25H24Cl2N2O3. The smallest absolute Gasteiger partial charge is 0.335 e. The Kier molecular flexibility index (Phi) is 6.58. The Labute approximate surface area is 196 Å². The number of carboxylic acids is 1. The number of pyridine rings is 1. The molecule has 0 saturated heterocycles. The highest BCUT2D eigenvalue weighted by Gasteiger charge is 2.22. The van der Waals surface area contributed by atoms with Gasteiger partial charge in [0.1, 0.15) is 5.02 Å². The summed E-state index contributed by atoms with van der Waals surface area (Å²) >= 11 is 12.7. The SMILES string of the molecule is CCc1ccc2c(c1)N(Cc1c(Cl)cc(Cl)c(=O)n1CCc1ccc(C(=O)O)cc1)CC2. The van der Waals surface area contributed by atoms with Crippen LogP contribution in [-0.4, -0.2) is 22.2 Å². The molecule has 0 atom stereocenters. The predicted octanol–water partition coefficient (Wildman–Crippen LogP) is 5.22. The lowest BCUT2D eigenvalue weighted by molar-refractivity contribution is 0.0697. The summed E-state index contributed by atoms with van der Waals surface area (Å²) in [6.07, 6.45) is 2.49. The van der Waals surface area contributed by atoms with E-state index in [-0.39, 0.29) is 16.1 Å². The maximum Gasteiger partial charge on any atom is 0.335 e. The molecule has 2 heterocycles. The van der Waals surface area contributed by atoms with Crippen molar-refractivity contribution >= 4 is 34.9 Å². The van der Waals surface area contributed by atoms with E-state index in [4.69, 9.17) is 28.3 Å². The number of aromatic nitrogens is 1. The Bertz CT molecular complexity index is 1220. The Hall–Kier alpha value is -2.76. The molecular weight excluding hydrogens is 447 g/mol. The number of carbonyl (C=O) groups is 1. The van der Waals surface area contributed by atoms with Crippen LogP contribution >= 0.6 is 23.2 Å². The van der Waals surface area contributed by atoms with Gasteiger partial charge in [0.25, 0.3) is 5.56 Å². The number of aryl methyl sites for hydroxylation is 2. The van der Waals surface area contributed by atoms with Crippen molar-refractivity contribution in [2.45, 2.75) is 39.3 Å². The highest BCUT2D eigenvalue weighted by atomic mass is 35.5. The van der Waals surface area contributed by atoms with Crippen LogP contribution < -0.4 is 10.5 Å². The van der Waals surface area contributed by atoms with Crippen molar-refractivity contribution in [3.63, 3.8) is 0 Å². The molecule has 32 heavy (non-hydrogen) atoms. The van der Waals surface area contributed by atoms with Gasteiger partial charge in [0.15, 0.2) is 0 Å². The van der Waals surface area contributed by atoms with Gasteiger partial charge in [-0.3, -0.25) is 4.79 Å². The average molecular weight is 471 g/mol. The van der Waals surface area contributed by atoms with E-state index >= 15 is 0 Å². The minimum Gasteiger partial charge on any atom is -0.478 e. The second kappa shape index (κ2) is 9.39. The van der Waals surface area contributed by atoms with Gasteiger partial charge in [-0.05, 0) is 60.2 Å². The lowest BCUT2D eigenvalue weighted by atomic mass is 10.1. The molecule has 0 aliphatic carbocycles. The van der Waals surface area contributed by atoms with Crippen LogP contribution in [-0.2, 0) is 32.4 Å². The number of anilines is 1. The lowest BCUT2D eigenvalue weighted by Crippen LogP contribution is -2.30. The van der Waals surface area contributed by atoms with Gasteiger partial charge < -0.3 is 14.6 Å². The number of nitrogens with zero attached hydrogens (tertiary/aromatic N) is 2. The van der Waals surface area contributed by atoms with Crippen molar-refractivity contribution < 1.29 is 9.90 Å². The van der Waals surface area contributed by atoms with Crippen LogP contribution in [0.1, 0.15) is 39.7 Å².